The van der Waals surface area contributed by atoms with Gasteiger partial charge in [0.1, 0.15) is 12.4 Å². The van der Waals surface area contributed by atoms with Crippen molar-refractivity contribution in [1.29, 1.82) is 0 Å². The molecule has 0 radical (unpaired) electrons. The average molecular weight is 341 g/mol. The topological polar surface area (TPSA) is 22.1 Å². The fourth-order valence-corrected chi connectivity index (χ4v) is 2.23. The first-order valence-corrected chi connectivity index (χ1v) is 6.79. The predicted octanol–water partition coefficient (Wildman–Crippen LogP) is 0.872. The zero-order chi connectivity index (χ0) is 15.6. The van der Waals surface area contributed by atoms with Gasteiger partial charge in [0.15, 0.2) is 0 Å². The molecule has 2 aromatic carbocycles. The molecule has 1 aromatic heterocycles. The maximum Gasteiger partial charge on any atom is 1.00 e. The van der Waals surface area contributed by atoms with Crippen LogP contribution in [-0.4, -0.2) is 12.0 Å². The third-order valence-electron chi connectivity index (χ3n) is 3.37. The smallest absolute Gasteiger partial charge is 0.489 e. The van der Waals surface area contributed by atoms with Crippen molar-refractivity contribution < 1.29 is 69.1 Å². The molecule has 0 spiro atoms. The SMILES string of the molecule is F[B-](F)(F)c1ccc(OCc2cccc3cccnc23)cc1.[K+]. The Kier molecular flexibility index (Phi) is 6.27. The van der Waals surface area contributed by atoms with Gasteiger partial charge >= 0.3 is 58.4 Å². The summed E-state index contributed by atoms with van der Waals surface area (Å²) in [6.07, 6.45) is 1.70. The Morgan fingerprint density at radius 1 is 0.913 bits per heavy atom. The van der Waals surface area contributed by atoms with Gasteiger partial charge in [-0.2, -0.15) is 0 Å². The molecule has 3 aromatic rings. The second-order valence-corrected chi connectivity index (χ2v) is 4.92. The molecule has 0 aliphatic rings. The maximum absolute atomic E-state index is 12.6. The zero-order valence-electron chi connectivity index (χ0n) is 12.5. The number of nitrogens with zero attached hydrogens (tertiary/aromatic N) is 1. The normalized spacial score (nSPS) is 11.1. The van der Waals surface area contributed by atoms with E-state index in [2.05, 4.69) is 4.98 Å². The summed E-state index contributed by atoms with van der Waals surface area (Å²) < 4.78 is 43.2. The number of fused-ring (bicyclic) bond motifs is 1. The van der Waals surface area contributed by atoms with E-state index >= 15 is 0 Å². The number of hydrogen-bond acceptors (Lipinski definition) is 2. The summed E-state index contributed by atoms with van der Waals surface area (Å²) in [4.78, 5) is 4.31. The van der Waals surface area contributed by atoms with Gasteiger partial charge < -0.3 is 17.7 Å². The molecule has 0 saturated heterocycles. The van der Waals surface area contributed by atoms with Gasteiger partial charge in [-0.1, -0.05) is 36.4 Å². The minimum absolute atomic E-state index is 0. The fourth-order valence-electron chi connectivity index (χ4n) is 2.23. The Morgan fingerprint density at radius 3 is 2.30 bits per heavy atom. The summed E-state index contributed by atoms with van der Waals surface area (Å²) in [6.45, 7) is -4.71. The number of aromatic nitrogens is 1. The minimum atomic E-state index is -4.97. The molecule has 3 rings (SSSR count). The first-order valence-electron chi connectivity index (χ1n) is 6.79. The summed E-state index contributed by atoms with van der Waals surface area (Å²) in [7, 11) is 0. The molecule has 112 valence electrons. The molecule has 2 nitrogen and oxygen atoms in total. The van der Waals surface area contributed by atoms with E-state index in [1.54, 1.807) is 6.20 Å². The zero-order valence-corrected chi connectivity index (χ0v) is 15.7. The molecule has 0 N–H and O–H groups in total. The minimum Gasteiger partial charge on any atom is -0.489 e. The molecule has 7 heteroatoms. The van der Waals surface area contributed by atoms with Gasteiger partial charge in [-0.15, -0.1) is 5.46 Å². The van der Waals surface area contributed by atoms with E-state index in [0.29, 0.717) is 5.75 Å². The maximum atomic E-state index is 12.6. The second-order valence-electron chi connectivity index (χ2n) is 4.92. The van der Waals surface area contributed by atoms with E-state index < -0.39 is 12.4 Å². The van der Waals surface area contributed by atoms with Crippen LogP contribution in [0.3, 0.4) is 0 Å². The van der Waals surface area contributed by atoms with Gasteiger partial charge in [0, 0.05) is 17.1 Å². The predicted molar refractivity (Wildman–Crippen MR) is 81.2 cm³/mol. The number of benzene rings is 2. The Bertz CT molecular complexity index is 788. The summed E-state index contributed by atoms with van der Waals surface area (Å²) in [5.41, 5.74) is 1.10. The van der Waals surface area contributed by atoms with Crippen LogP contribution in [-0.2, 0) is 6.61 Å². The number of para-hydroxylation sites is 1. The number of halogens is 3. The van der Waals surface area contributed by atoms with Crippen LogP contribution in [0, 0.1) is 0 Å². The van der Waals surface area contributed by atoms with E-state index in [0.717, 1.165) is 28.6 Å². The first kappa shape index (κ1) is 18.5. The Balaban J connectivity index is 0.00000192. The summed E-state index contributed by atoms with van der Waals surface area (Å²) in [5, 5.41) is 0.999. The van der Waals surface area contributed by atoms with Gasteiger partial charge in [0.2, 0.25) is 0 Å². The molecule has 0 aliphatic carbocycles. The number of pyridine rings is 1. The fraction of sp³-hybridized carbons (Fsp3) is 0.0625. The van der Waals surface area contributed by atoms with Gasteiger partial charge in [-0.05, 0) is 18.2 Å². The average Bonchev–Trinajstić information content (AvgIpc) is 2.52. The van der Waals surface area contributed by atoms with E-state index in [4.69, 9.17) is 4.74 Å². The van der Waals surface area contributed by atoms with Crippen LogP contribution in [0.15, 0.2) is 60.8 Å². The molecule has 0 aliphatic heterocycles. The van der Waals surface area contributed by atoms with Gasteiger partial charge in [-0.3, -0.25) is 4.98 Å². The largest absolute Gasteiger partial charge is 1.00 e. The third-order valence-corrected chi connectivity index (χ3v) is 3.37. The summed E-state index contributed by atoms with van der Waals surface area (Å²) in [5.74, 6) is 0.400. The van der Waals surface area contributed by atoms with Crippen molar-refractivity contribution in [2.45, 2.75) is 6.61 Å². The summed E-state index contributed by atoms with van der Waals surface area (Å²) in [6, 6.07) is 14.3. The van der Waals surface area contributed by atoms with Crippen molar-refractivity contribution in [2.75, 3.05) is 0 Å². The van der Waals surface area contributed by atoms with Crippen LogP contribution in [0.1, 0.15) is 5.56 Å². The van der Waals surface area contributed by atoms with Crippen molar-refractivity contribution in [1.82, 2.24) is 4.98 Å². The van der Waals surface area contributed by atoms with Crippen molar-refractivity contribution in [2.24, 2.45) is 0 Å². The van der Waals surface area contributed by atoms with Crippen LogP contribution >= 0.6 is 0 Å². The van der Waals surface area contributed by atoms with Crippen molar-refractivity contribution in [3.8, 4) is 5.75 Å². The van der Waals surface area contributed by atoms with Crippen LogP contribution in [0.2, 0.25) is 0 Å². The Hall–Kier alpha value is -0.859. The van der Waals surface area contributed by atoms with Crippen molar-refractivity contribution in [3.05, 3.63) is 66.4 Å². The van der Waals surface area contributed by atoms with Gasteiger partial charge in [0.05, 0.1) is 5.52 Å². The van der Waals surface area contributed by atoms with E-state index in [1.807, 2.05) is 30.3 Å². The van der Waals surface area contributed by atoms with E-state index in [9.17, 15) is 12.9 Å². The van der Waals surface area contributed by atoms with E-state index in [-0.39, 0.29) is 58.0 Å². The molecule has 0 bridgehead atoms. The summed E-state index contributed by atoms with van der Waals surface area (Å²) >= 11 is 0. The van der Waals surface area contributed by atoms with Crippen molar-refractivity contribution >= 4 is 23.3 Å². The number of hydrogen-bond donors (Lipinski definition) is 0. The molecule has 0 unspecified atom stereocenters. The van der Waals surface area contributed by atoms with Crippen LogP contribution < -0.4 is 61.6 Å². The number of rotatable bonds is 4. The van der Waals surface area contributed by atoms with Gasteiger partial charge in [-0.25, -0.2) is 0 Å². The van der Waals surface area contributed by atoms with Crippen LogP contribution in [0.5, 0.6) is 5.75 Å². The molecule has 23 heavy (non-hydrogen) atoms. The number of ether oxygens (including phenoxy) is 1. The van der Waals surface area contributed by atoms with Gasteiger partial charge in [0.25, 0.3) is 0 Å². The Labute approximate surface area is 174 Å². The quantitative estimate of drug-likeness (QED) is 0.657. The van der Waals surface area contributed by atoms with Crippen molar-refractivity contribution in [3.63, 3.8) is 0 Å². The molecular formula is C16H12BF3KNO. The molecule has 0 fully saturated rings. The molecule has 0 saturated carbocycles. The molecular weight excluding hydrogens is 329 g/mol. The standard InChI is InChI=1S/C16H12BF3NO.K/c18-17(19,20)14-6-8-15(9-7-14)22-11-13-4-1-3-12-5-2-10-21-16(12)13;/h1-10H,11H2;/q-1;+1. The van der Waals surface area contributed by atoms with Crippen LogP contribution in [0.4, 0.5) is 12.9 Å². The first-order chi connectivity index (χ1) is 10.5. The monoisotopic (exact) mass is 341 g/mol. The molecule has 0 amide bonds. The Morgan fingerprint density at radius 2 is 1.61 bits per heavy atom. The second kappa shape index (κ2) is 7.81. The third kappa shape index (κ3) is 4.58. The molecule has 1 heterocycles. The van der Waals surface area contributed by atoms with Crippen LogP contribution in [0.25, 0.3) is 10.9 Å². The van der Waals surface area contributed by atoms with E-state index in [1.165, 1.54) is 12.1 Å². The molecule has 0 atom stereocenters.